The van der Waals surface area contributed by atoms with Crippen LogP contribution in [0.5, 0.6) is 17.2 Å². The third-order valence-corrected chi connectivity index (χ3v) is 2.08. The maximum Gasteiger partial charge on any atom is 0.205 e. The topological polar surface area (TPSA) is 53.7 Å². The molecule has 1 rings (SSSR count). The van der Waals surface area contributed by atoms with Crippen molar-refractivity contribution < 1.29 is 14.2 Å². The number of ether oxygens (including phenoxy) is 3. The minimum atomic E-state index is 0.518. The van der Waals surface area contributed by atoms with Crippen LogP contribution in [0.2, 0.25) is 0 Å². The summed E-state index contributed by atoms with van der Waals surface area (Å²) in [5.41, 5.74) is 7.31. The Bertz CT molecular complexity index is 337. The number of nitrogen functional groups attached to an aromatic ring is 1. The van der Waals surface area contributed by atoms with E-state index in [1.54, 1.807) is 21.3 Å². The first kappa shape index (κ1) is 10.5. The van der Waals surface area contributed by atoms with Gasteiger partial charge in [0, 0.05) is 0 Å². The van der Waals surface area contributed by atoms with Crippen LogP contribution in [0.15, 0.2) is 6.07 Å². The van der Waals surface area contributed by atoms with Crippen LogP contribution in [0.4, 0.5) is 5.69 Å². The first-order chi connectivity index (χ1) is 6.65. The minimum absolute atomic E-state index is 0.518. The van der Waals surface area contributed by atoms with E-state index in [1.165, 1.54) is 0 Å². The third kappa shape index (κ3) is 1.55. The fourth-order valence-electron chi connectivity index (χ4n) is 1.30. The summed E-state index contributed by atoms with van der Waals surface area (Å²) in [5.74, 6) is 1.67. The summed E-state index contributed by atoms with van der Waals surface area (Å²) in [5, 5.41) is 0. The molecule has 0 spiro atoms. The third-order valence-electron chi connectivity index (χ3n) is 2.08. The van der Waals surface area contributed by atoms with E-state index in [0.717, 1.165) is 5.56 Å². The molecule has 0 saturated heterocycles. The lowest BCUT2D eigenvalue weighted by atomic mass is 10.1. The van der Waals surface area contributed by atoms with Crippen LogP contribution in [-0.4, -0.2) is 21.3 Å². The van der Waals surface area contributed by atoms with Crippen LogP contribution < -0.4 is 19.9 Å². The molecule has 14 heavy (non-hydrogen) atoms. The Hall–Kier alpha value is -1.58. The van der Waals surface area contributed by atoms with Gasteiger partial charge in [-0.05, 0) is 18.6 Å². The number of benzene rings is 1. The molecule has 0 heterocycles. The first-order valence-electron chi connectivity index (χ1n) is 4.20. The molecule has 0 aliphatic carbocycles. The van der Waals surface area contributed by atoms with E-state index in [4.69, 9.17) is 19.9 Å². The highest BCUT2D eigenvalue weighted by molar-refractivity contribution is 5.69. The van der Waals surface area contributed by atoms with Gasteiger partial charge in [0.05, 0.1) is 27.0 Å². The van der Waals surface area contributed by atoms with E-state index in [1.807, 2.05) is 13.0 Å². The Morgan fingerprint density at radius 2 is 1.57 bits per heavy atom. The molecular weight excluding hydrogens is 182 g/mol. The second-order valence-electron chi connectivity index (χ2n) is 2.88. The molecule has 78 valence electrons. The lowest BCUT2D eigenvalue weighted by Gasteiger charge is -2.15. The summed E-state index contributed by atoms with van der Waals surface area (Å²) >= 11 is 0. The van der Waals surface area contributed by atoms with Gasteiger partial charge >= 0.3 is 0 Å². The van der Waals surface area contributed by atoms with E-state index in [0.29, 0.717) is 22.9 Å². The van der Waals surface area contributed by atoms with Gasteiger partial charge in [0.15, 0.2) is 11.5 Å². The second-order valence-corrected chi connectivity index (χ2v) is 2.88. The first-order valence-corrected chi connectivity index (χ1v) is 4.20. The molecule has 0 aliphatic heterocycles. The highest BCUT2D eigenvalue weighted by Gasteiger charge is 2.16. The van der Waals surface area contributed by atoms with Crippen LogP contribution in [0.1, 0.15) is 5.56 Å². The number of hydrogen-bond acceptors (Lipinski definition) is 4. The highest BCUT2D eigenvalue weighted by atomic mass is 16.5. The Morgan fingerprint density at radius 1 is 1.00 bits per heavy atom. The number of anilines is 1. The maximum atomic E-state index is 5.83. The van der Waals surface area contributed by atoms with Gasteiger partial charge in [-0.3, -0.25) is 0 Å². The zero-order valence-electron chi connectivity index (χ0n) is 8.88. The smallest absolute Gasteiger partial charge is 0.205 e. The molecule has 0 atom stereocenters. The number of rotatable bonds is 3. The Morgan fingerprint density at radius 3 is 2.00 bits per heavy atom. The van der Waals surface area contributed by atoms with Gasteiger partial charge in [-0.25, -0.2) is 0 Å². The van der Waals surface area contributed by atoms with Gasteiger partial charge in [-0.15, -0.1) is 0 Å². The molecule has 0 saturated carbocycles. The van der Waals surface area contributed by atoms with Crippen molar-refractivity contribution in [2.24, 2.45) is 0 Å². The SMILES string of the molecule is COc1cc(C)c(N)c(OC)c1OC. The molecule has 0 bridgehead atoms. The van der Waals surface area contributed by atoms with Crippen molar-refractivity contribution in [3.05, 3.63) is 11.6 Å². The number of nitrogens with two attached hydrogens (primary N) is 1. The van der Waals surface area contributed by atoms with E-state index in [2.05, 4.69) is 0 Å². The van der Waals surface area contributed by atoms with E-state index in [9.17, 15) is 0 Å². The highest BCUT2D eigenvalue weighted by Crippen LogP contribution is 2.43. The summed E-state index contributed by atoms with van der Waals surface area (Å²) < 4.78 is 15.5. The van der Waals surface area contributed by atoms with Crippen molar-refractivity contribution in [3.8, 4) is 17.2 Å². The lowest BCUT2D eigenvalue weighted by molar-refractivity contribution is 0.325. The van der Waals surface area contributed by atoms with Crippen molar-refractivity contribution in [1.82, 2.24) is 0 Å². The fraction of sp³-hybridized carbons (Fsp3) is 0.400. The molecule has 0 amide bonds. The molecule has 4 heteroatoms. The zero-order valence-corrected chi connectivity index (χ0v) is 8.88. The average molecular weight is 197 g/mol. The number of hydrogen-bond donors (Lipinski definition) is 1. The molecule has 4 nitrogen and oxygen atoms in total. The molecule has 0 radical (unpaired) electrons. The molecular formula is C10H15NO3. The molecule has 0 aliphatic rings. The Balaban J connectivity index is 3.42. The second kappa shape index (κ2) is 4.09. The van der Waals surface area contributed by atoms with Crippen LogP contribution in [0, 0.1) is 6.92 Å². The van der Waals surface area contributed by atoms with Crippen molar-refractivity contribution in [2.45, 2.75) is 6.92 Å². The normalized spacial score (nSPS) is 9.71. The standard InChI is InChI=1S/C10H15NO3/c1-6-5-7(12-2)9(13-3)10(14-4)8(6)11/h5H,11H2,1-4H3. The minimum Gasteiger partial charge on any atom is -0.493 e. The maximum absolute atomic E-state index is 5.83. The predicted molar refractivity (Wildman–Crippen MR) is 55.2 cm³/mol. The quantitative estimate of drug-likeness (QED) is 0.748. The fourth-order valence-corrected chi connectivity index (χ4v) is 1.30. The van der Waals surface area contributed by atoms with E-state index < -0.39 is 0 Å². The van der Waals surface area contributed by atoms with Gasteiger partial charge in [-0.2, -0.15) is 0 Å². The van der Waals surface area contributed by atoms with E-state index in [-0.39, 0.29) is 0 Å². The molecule has 1 aromatic rings. The van der Waals surface area contributed by atoms with Crippen LogP contribution >= 0.6 is 0 Å². The van der Waals surface area contributed by atoms with Gasteiger partial charge in [0.2, 0.25) is 5.75 Å². The van der Waals surface area contributed by atoms with Crippen molar-refractivity contribution in [3.63, 3.8) is 0 Å². The summed E-state index contributed by atoms with van der Waals surface area (Å²) in [7, 11) is 4.68. The molecule has 0 aromatic heterocycles. The van der Waals surface area contributed by atoms with E-state index >= 15 is 0 Å². The van der Waals surface area contributed by atoms with Crippen molar-refractivity contribution in [1.29, 1.82) is 0 Å². The van der Waals surface area contributed by atoms with Crippen molar-refractivity contribution >= 4 is 5.69 Å². The Labute approximate surface area is 83.6 Å². The van der Waals surface area contributed by atoms with Gasteiger partial charge in [0.25, 0.3) is 0 Å². The average Bonchev–Trinajstić information content (AvgIpc) is 2.20. The lowest BCUT2D eigenvalue weighted by Crippen LogP contribution is -2.00. The van der Waals surface area contributed by atoms with Crippen molar-refractivity contribution in [2.75, 3.05) is 27.1 Å². The largest absolute Gasteiger partial charge is 0.493 e. The number of aryl methyl sites for hydroxylation is 1. The summed E-state index contributed by atoms with van der Waals surface area (Å²) in [6.07, 6.45) is 0. The molecule has 1 aromatic carbocycles. The Kier molecular flexibility index (Phi) is 3.06. The summed E-state index contributed by atoms with van der Waals surface area (Å²) in [6.45, 7) is 1.89. The zero-order chi connectivity index (χ0) is 10.7. The van der Waals surface area contributed by atoms with Crippen LogP contribution in [0.25, 0.3) is 0 Å². The molecule has 0 fully saturated rings. The summed E-state index contributed by atoms with van der Waals surface area (Å²) in [4.78, 5) is 0. The predicted octanol–water partition coefficient (Wildman–Crippen LogP) is 1.60. The van der Waals surface area contributed by atoms with Crippen LogP contribution in [-0.2, 0) is 0 Å². The van der Waals surface area contributed by atoms with Gasteiger partial charge in [0.1, 0.15) is 0 Å². The number of methoxy groups -OCH3 is 3. The van der Waals surface area contributed by atoms with Crippen LogP contribution in [0.3, 0.4) is 0 Å². The monoisotopic (exact) mass is 197 g/mol. The van der Waals surface area contributed by atoms with Gasteiger partial charge < -0.3 is 19.9 Å². The molecule has 0 unspecified atom stereocenters. The molecule has 2 N–H and O–H groups in total. The summed E-state index contributed by atoms with van der Waals surface area (Å²) in [6, 6.07) is 1.82. The van der Waals surface area contributed by atoms with Gasteiger partial charge in [-0.1, -0.05) is 0 Å².